The molecule has 3 aliphatic rings. The van der Waals surface area contributed by atoms with Crippen LogP contribution in [0.5, 0.6) is 0 Å². The van der Waals surface area contributed by atoms with Crippen LogP contribution in [0.15, 0.2) is 0 Å². The van der Waals surface area contributed by atoms with Crippen molar-refractivity contribution in [2.45, 2.75) is 71.0 Å². The lowest BCUT2D eigenvalue weighted by Gasteiger charge is -2.39. The van der Waals surface area contributed by atoms with Gasteiger partial charge in [0.2, 0.25) is 0 Å². The molecule has 0 aromatic carbocycles. The Labute approximate surface area is 148 Å². The molecule has 1 fully saturated rings. The molecule has 1 atom stereocenters. The van der Waals surface area contributed by atoms with Crippen molar-refractivity contribution in [3.05, 3.63) is 28.1 Å². The van der Waals surface area contributed by atoms with Crippen LogP contribution in [0.2, 0.25) is 0 Å². The summed E-state index contributed by atoms with van der Waals surface area (Å²) in [6.45, 7) is 9.58. The van der Waals surface area contributed by atoms with E-state index in [4.69, 9.17) is 14.5 Å². The Kier molecular flexibility index (Phi) is 3.75. The van der Waals surface area contributed by atoms with Gasteiger partial charge in [-0.2, -0.15) is 0 Å². The van der Waals surface area contributed by atoms with Gasteiger partial charge in [0.15, 0.2) is 0 Å². The summed E-state index contributed by atoms with van der Waals surface area (Å²) in [5.41, 5.74) is 3.47. The number of aliphatic hydroxyl groups excluding tert-OH is 1. The van der Waals surface area contributed by atoms with Gasteiger partial charge in [0.1, 0.15) is 5.60 Å². The van der Waals surface area contributed by atoms with Crippen molar-refractivity contribution in [1.29, 1.82) is 0 Å². The molecule has 0 saturated carbocycles. The van der Waals surface area contributed by atoms with Gasteiger partial charge in [0, 0.05) is 29.7 Å². The molecule has 5 nitrogen and oxygen atoms in total. The van der Waals surface area contributed by atoms with E-state index in [0.717, 1.165) is 28.9 Å². The van der Waals surface area contributed by atoms with Crippen molar-refractivity contribution in [3.63, 3.8) is 0 Å². The average Bonchev–Trinajstić information content (AvgIpc) is 2.78. The van der Waals surface area contributed by atoms with E-state index in [2.05, 4.69) is 27.7 Å². The fourth-order valence-corrected chi connectivity index (χ4v) is 4.74. The zero-order valence-electron chi connectivity index (χ0n) is 15.5. The number of aromatic nitrogens is 1. The van der Waals surface area contributed by atoms with Crippen molar-refractivity contribution in [2.75, 3.05) is 13.2 Å². The Balaban J connectivity index is 2.01. The minimum absolute atomic E-state index is 0.00574. The lowest BCUT2D eigenvalue weighted by atomic mass is 9.70. The van der Waals surface area contributed by atoms with Gasteiger partial charge in [-0.3, -0.25) is 4.98 Å². The summed E-state index contributed by atoms with van der Waals surface area (Å²) in [5.74, 6) is -0.156. The van der Waals surface area contributed by atoms with Crippen LogP contribution in [0.1, 0.15) is 91.9 Å². The summed E-state index contributed by atoms with van der Waals surface area (Å²) in [6.07, 6.45) is 2.19. The second kappa shape index (κ2) is 5.52. The molecule has 4 rings (SSSR count). The number of rotatable bonds is 1. The lowest BCUT2D eigenvalue weighted by molar-refractivity contribution is -0.0750. The molecule has 1 aliphatic carbocycles. The highest BCUT2D eigenvalue weighted by Gasteiger charge is 2.52. The molecule has 0 unspecified atom stereocenters. The number of aliphatic hydroxyl groups is 1. The normalized spacial score (nSPS) is 26.5. The van der Waals surface area contributed by atoms with Crippen molar-refractivity contribution in [1.82, 2.24) is 4.98 Å². The maximum Gasteiger partial charge on any atom is 0.341 e. The molecule has 1 saturated heterocycles. The van der Waals surface area contributed by atoms with Gasteiger partial charge >= 0.3 is 5.97 Å². The number of pyridine rings is 1. The zero-order valence-corrected chi connectivity index (χ0v) is 15.5. The summed E-state index contributed by atoms with van der Waals surface area (Å²) >= 11 is 0. The van der Waals surface area contributed by atoms with E-state index >= 15 is 0 Å². The highest BCUT2D eigenvalue weighted by Crippen LogP contribution is 2.52. The smallest absolute Gasteiger partial charge is 0.341 e. The van der Waals surface area contributed by atoms with Gasteiger partial charge in [0.25, 0.3) is 0 Å². The number of carbonyl (C=O) groups excluding carboxylic acids is 1. The zero-order chi connectivity index (χ0) is 18.0. The van der Waals surface area contributed by atoms with Gasteiger partial charge < -0.3 is 14.6 Å². The van der Waals surface area contributed by atoms with E-state index in [-0.39, 0.29) is 17.3 Å². The molecular formula is C20H27NO4. The van der Waals surface area contributed by atoms with E-state index < -0.39 is 11.7 Å². The first-order valence-corrected chi connectivity index (χ1v) is 9.30. The fraction of sp³-hybridized carbons (Fsp3) is 0.700. The standard InChI is InChI=1S/C20H27NO4/c1-11(2)17-15-16(20(25-18(15)23)5-7-24-8-6-20)14-12(21-17)9-19(3,4)10-13(14)22/h11,13,22H,5-10H2,1-4H3/t13-/m0/s1. The minimum atomic E-state index is -0.649. The number of ether oxygens (including phenoxy) is 2. The second-order valence-electron chi connectivity index (χ2n) is 8.82. The molecule has 1 aromatic heterocycles. The highest BCUT2D eigenvalue weighted by atomic mass is 16.6. The van der Waals surface area contributed by atoms with E-state index in [0.29, 0.717) is 38.0 Å². The minimum Gasteiger partial charge on any atom is -0.450 e. The number of hydrogen-bond donors (Lipinski definition) is 1. The number of fused-ring (bicyclic) bond motifs is 4. The van der Waals surface area contributed by atoms with E-state index in [1.165, 1.54) is 0 Å². The van der Waals surface area contributed by atoms with E-state index in [9.17, 15) is 9.90 Å². The topological polar surface area (TPSA) is 68.7 Å². The number of esters is 1. The lowest BCUT2D eigenvalue weighted by Crippen LogP contribution is -2.37. The molecule has 1 aromatic rings. The molecular weight excluding hydrogens is 318 g/mol. The van der Waals surface area contributed by atoms with Crippen LogP contribution in [0, 0.1) is 5.41 Å². The molecule has 5 heteroatoms. The van der Waals surface area contributed by atoms with Crippen LogP contribution >= 0.6 is 0 Å². The monoisotopic (exact) mass is 345 g/mol. The second-order valence-corrected chi connectivity index (χ2v) is 8.82. The van der Waals surface area contributed by atoms with Crippen LogP contribution in [0.4, 0.5) is 0 Å². The Bertz CT molecular complexity index is 732. The molecule has 1 N–H and O–H groups in total. The summed E-state index contributed by atoms with van der Waals surface area (Å²) < 4.78 is 11.5. The maximum atomic E-state index is 12.8. The van der Waals surface area contributed by atoms with Gasteiger partial charge in [-0.05, 0) is 24.2 Å². The summed E-state index contributed by atoms with van der Waals surface area (Å²) in [7, 11) is 0. The van der Waals surface area contributed by atoms with Crippen molar-refractivity contribution in [2.24, 2.45) is 5.41 Å². The number of nitrogens with zero attached hydrogens (tertiary/aromatic N) is 1. The quantitative estimate of drug-likeness (QED) is 0.790. The SMILES string of the molecule is CC(C)c1nc2c(c3c1C(=O)OC31CCOCC1)[C@@H](O)CC(C)(C)C2. The molecule has 2 aliphatic heterocycles. The molecule has 136 valence electrons. The first-order chi connectivity index (χ1) is 11.7. The Morgan fingerprint density at radius 3 is 2.56 bits per heavy atom. The third-order valence-corrected chi connectivity index (χ3v) is 5.86. The average molecular weight is 345 g/mol. The Hall–Kier alpha value is -1.46. The first kappa shape index (κ1) is 17.0. The number of carbonyl (C=O) groups is 1. The van der Waals surface area contributed by atoms with Crippen LogP contribution in [-0.2, 0) is 21.5 Å². The Morgan fingerprint density at radius 2 is 1.92 bits per heavy atom. The molecule has 3 heterocycles. The van der Waals surface area contributed by atoms with E-state index in [1.807, 2.05) is 0 Å². The molecule has 0 radical (unpaired) electrons. The molecule has 1 spiro atoms. The number of hydrogen-bond acceptors (Lipinski definition) is 5. The summed E-state index contributed by atoms with van der Waals surface area (Å²) in [5, 5.41) is 11.0. The van der Waals surface area contributed by atoms with Crippen molar-refractivity contribution < 1.29 is 19.4 Å². The predicted molar refractivity (Wildman–Crippen MR) is 92.5 cm³/mol. The molecule has 0 amide bonds. The van der Waals surface area contributed by atoms with Crippen molar-refractivity contribution in [3.8, 4) is 0 Å². The van der Waals surface area contributed by atoms with Gasteiger partial charge in [-0.1, -0.05) is 27.7 Å². The van der Waals surface area contributed by atoms with Gasteiger partial charge in [0.05, 0.1) is 30.6 Å². The van der Waals surface area contributed by atoms with Crippen LogP contribution in [0.25, 0.3) is 0 Å². The molecule has 0 bridgehead atoms. The van der Waals surface area contributed by atoms with Gasteiger partial charge in [-0.15, -0.1) is 0 Å². The van der Waals surface area contributed by atoms with Crippen LogP contribution in [0.3, 0.4) is 0 Å². The van der Waals surface area contributed by atoms with Crippen LogP contribution < -0.4 is 0 Å². The first-order valence-electron chi connectivity index (χ1n) is 9.30. The fourth-order valence-electron chi connectivity index (χ4n) is 4.74. The third-order valence-electron chi connectivity index (χ3n) is 5.86. The third kappa shape index (κ3) is 2.51. The Morgan fingerprint density at radius 1 is 1.24 bits per heavy atom. The van der Waals surface area contributed by atoms with Crippen molar-refractivity contribution >= 4 is 5.97 Å². The van der Waals surface area contributed by atoms with E-state index in [1.54, 1.807) is 0 Å². The molecule has 25 heavy (non-hydrogen) atoms. The highest BCUT2D eigenvalue weighted by molar-refractivity contribution is 5.97. The largest absolute Gasteiger partial charge is 0.450 e. The van der Waals surface area contributed by atoms with Crippen LogP contribution in [-0.4, -0.2) is 29.3 Å². The summed E-state index contributed by atoms with van der Waals surface area (Å²) in [6, 6.07) is 0. The maximum absolute atomic E-state index is 12.8. The predicted octanol–water partition coefficient (Wildman–Crippen LogP) is 3.39. The van der Waals surface area contributed by atoms with Gasteiger partial charge in [-0.25, -0.2) is 4.79 Å². The summed E-state index contributed by atoms with van der Waals surface area (Å²) in [4.78, 5) is 17.7.